The second kappa shape index (κ2) is 4.87. The smallest absolute Gasteiger partial charge is 0.246 e. The molecule has 4 nitrogen and oxygen atoms in total. The van der Waals surface area contributed by atoms with E-state index in [0.717, 1.165) is 10.2 Å². The highest BCUT2D eigenvalue weighted by atomic mass is 79.9. The first-order valence-electron chi connectivity index (χ1n) is 5.39. The summed E-state index contributed by atoms with van der Waals surface area (Å²) in [4.78, 5) is 26.4. The van der Waals surface area contributed by atoms with Crippen LogP contribution in [0.25, 0.3) is 0 Å². The van der Waals surface area contributed by atoms with Crippen LogP contribution in [0.2, 0.25) is 0 Å². The average Bonchev–Trinajstić information content (AvgIpc) is 2.28. The second-order valence-electron chi connectivity index (χ2n) is 3.97. The fourth-order valence-electron chi connectivity index (χ4n) is 1.86. The van der Waals surface area contributed by atoms with Crippen LogP contribution >= 0.6 is 15.9 Å². The number of carbonyl (C=O) groups is 2. The maximum absolute atomic E-state index is 11.9. The molecule has 1 saturated heterocycles. The van der Waals surface area contributed by atoms with Gasteiger partial charge in [0.15, 0.2) is 0 Å². The summed E-state index contributed by atoms with van der Waals surface area (Å²) >= 11 is 3.38. The molecule has 1 fully saturated rings. The topological polar surface area (TPSA) is 40.6 Å². The van der Waals surface area contributed by atoms with Crippen molar-refractivity contribution in [3.05, 3.63) is 28.7 Å². The molecule has 0 N–H and O–H groups in total. The van der Waals surface area contributed by atoms with Crippen molar-refractivity contribution in [1.82, 2.24) is 4.90 Å². The first-order chi connectivity index (χ1) is 8.08. The molecule has 0 atom stereocenters. The van der Waals surface area contributed by atoms with Crippen LogP contribution in [0.15, 0.2) is 28.7 Å². The fraction of sp³-hybridized carbons (Fsp3) is 0.333. The summed E-state index contributed by atoms with van der Waals surface area (Å²) in [5, 5.41) is 0. The molecule has 2 rings (SSSR count). The summed E-state index contributed by atoms with van der Waals surface area (Å²) in [7, 11) is 0. The van der Waals surface area contributed by atoms with E-state index in [0.29, 0.717) is 13.1 Å². The zero-order valence-electron chi connectivity index (χ0n) is 9.52. The van der Waals surface area contributed by atoms with Crippen LogP contribution in [0.1, 0.15) is 6.92 Å². The molecule has 5 heteroatoms. The van der Waals surface area contributed by atoms with Gasteiger partial charge in [-0.1, -0.05) is 22.0 Å². The Bertz CT molecular complexity index is 462. The van der Waals surface area contributed by atoms with Crippen molar-refractivity contribution in [2.75, 3.05) is 24.5 Å². The summed E-state index contributed by atoms with van der Waals surface area (Å²) in [5.74, 6) is -0.0863. The van der Waals surface area contributed by atoms with E-state index in [4.69, 9.17) is 0 Å². The Morgan fingerprint density at radius 1 is 1.35 bits per heavy atom. The minimum Gasteiger partial charge on any atom is -0.332 e. The summed E-state index contributed by atoms with van der Waals surface area (Å²) in [5.41, 5.74) is 0.868. The Morgan fingerprint density at radius 2 is 2.12 bits per heavy atom. The van der Waals surface area contributed by atoms with Crippen LogP contribution in [-0.4, -0.2) is 36.3 Å². The lowest BCUT2D eigenvalue weighted by Gasteiger charge is -2.33. The zero-order valence-corrected chi connectivity index (χ0v) is 11.1. The van der Waals surface area contributed by atoms with Gasteiger partial charge in [-0.05, 0) is 18.2 Å². The number of hydrogen-bond acceptors (Lipinski definition) is 2. The molecule has 0 radical (unpaired) electrons. The fourth-order valence-corrected chi connectivity index (χ4v) is 2.25. The average molecular weight is 297 g/mol. The highest BCUT2D eigenvalue weighted by Gasteiger charge is 2.26. The molecular formula is C12H13BrN2O2. The van der Waals surface area contributed by atoms with Crippen LogP contribution in [0.3, 0.4) is 0 Å². The van der Waals surface area contributed by atoms with Gasteiger partial charge in [-0.2, -0.15) is 0 Å². The van der Waals surface area contributed by atoms with Crippen LogP contribution in [0, 0.1) is 0 Å². The predicted molar refractivity (Wildman–Crippen MR) is 68.7 cm³/mol. The summed E-state index contributed by atoms with van der Waals surface area (Å²) in [6.45, 7) is 2.80. The molecule has 90 valence electrons. The Labute approximate surface area is 108 Å². The molecule has 1 aliphatic heterocycles. The van der Waals surface area contributed by atoms with Gasteiger partial charge in [-0.3, -0.25) is 9.59 Å². The van der Waals surface area contributed by atoms with Gasteiger partial charge in [-0.15, -0.1) is 0 Å². The van der Waals surface area contributed by atoms with Gasteiger partial charge >= 0.3 is 0 Å². The van der Waals surface area contributed by atoms with Gasteiger partial charge in [0.2, 0.25) is 11.8 Å². The molecular weight excluding hydrogens is 284 g/mol. The lowest BCUT2D eigenvalue weighted by molar-refractivity contribution is -0.135. The molecule has 1 heterocycles. The van der Waals surface area contributed by atoms with E-state index in [9.17, 15) is 9.59 Å². The van der Waals surface area contributed by atoms with Crippen LogP contribution in [0.5, 0.6) is 0 Å². The minimum absolute atomic E-state index is 0.0375. The van der Waals surface area contributed by atoms with Gasteiger partial charge in [0.05, 0.1) is 0 Å². The van der Waals surface area contributed by atoms with E-state index in [-0.39, 0.29) is 18.4 Å². The van der Waals surface area contributed by atoms with Crippen molar-refractivity contribution >= 4 is 33.4 Å². The number of halogens is 1. The van der Waals surface area contributed by atoms with Crippen molar-refractivity contribution in [2.24, 2.45) is 0 Å². The summed E-state index contributed by atoms with van der Waals surface area (Å²) in [6.07, 6.45) is 0. The number of amides is 2. The Balaban J connectivity index is 2.15. The standard InChI is InChI=1S/C12H13BrN2O2/c1-9(16)14-5-6-15(12(17)8-14)11-4-2-3-10(13)7-11/h2-4,7H,5-6,8H2,1H3. The number of rotatable bonds is 1. The van der Waals surface area contributed by atoms with Gasteiger partial charge in [0, 0.05) is 30.2 Å². The van der Waals surface area contributed by atoms with Gasteiger partial charge < -0.3 is 9.80 Å². The van der Waals surface area contributed by atoms with E-state index < -0.39 is 0 Å². The highest BCUT2D eigenvalue weighted by Crippen LogP contribution is 2.21. The number of anilines is 1. The highest BCUT2D eigenvalue weighted by molar-refractivity contribution is 9.10. The van der Waals surface area contributed by atoms with Crippen molar-refractivity contribution < 1.29 is 9.59 Å². The normalized spacial score (nSPS) is 16.2. The summed E-state index contributed by atoms with van der Waals surface area (Å²) < 4.78 is 0.941. The van der Waals surface area contributed by atoms with Crippen molar-refractivity contribution in [3.8, 4) is 0 Å². The van der Waals surface area contributed by atoms with Crippen molar-refractivity contribution in [3.63, 3.8) is 0 Å². The zero-order chi connectivity index (χ0) is 12.4. The van der Waals surface area contributed by atoms with E-state index in [2.05, 4.69) is 15.9 Å². The molecule has 0 unspecified atom stereocenters. The molecule has 1 aromatic carbocycles. The van der Waals surface area contributed by atoms with Gasteiger partial charge in [0.25, 0.3) is 0 Å². The number of piperazine rings is 1. The third kappa shape index (κ3) is 2.66. The van der Waals surface area contributed by atoms with Crippen molar-refractivity contribution in [1.29, 1.82) is 0 Å². The molecule has 0 bridgehead atoms. The van der Waals surface area contributed by atoms with Crippen LogP contribution in [-0.2, 0) is 9.59 Å². The quantitative estimate of drug-likeness (QED) is 0.791. The van der Waals surface area contributed by atoms with E-state index in [1.165, 1.54) is 6.92 Å². The molecule has 2 amide bonds. The molecule has 0 aromatic heterocycles. The molecule has 1 aromatic rings. The number of hydrogen-bond donors (Lipinski definition) is 0. The molecule has 0 aliphatic carbocycles. The maximum atomic E-state index is 11.9. The third-order valence-corrected chi connectivity index (χ3v) is 3.28. The lowest BCUT2D eigenvalue weighted by atomic mass is 10.2. The Morgan fingerprint density at radius 3 is 2.71 bits per heavy atom. The number of benzene rings is 1. The third-order valence-electron chi connectivity index (χ3n) is 2.79. The van der Waals surface area contributed by atoms with Crippen molar-refractivity contribution in [2.45, 2.75) is 6.92 Å². The summed E-state index contributed by atoms with van der Waals surface area (Å²) in [6, 6.07) is 7.61. The van der Waals surface area contributed by atoms with E-state index in [1.54, 1.807) is 9.80 Å². The number of carbonyl (C=O) groups excluding carboxylic acids is 2. The maximum Gasteiger partial charge on any atom is 0.246 e. The SMILES string of the molecule is CC(=O)N1CCN(c2cccc(Br)c2)C(=O)C1. The van der Waals surface area contributed by atoms with E-state index >= 15 is 0 Å². The lowest BCUT2D eigenvalue weighted by Crippen LogP contribution is -2.51. The van der Waals surface area contributed by atoms with Crippen LogP contribution < -0.4 is 4.90 Å². The van der Waals surface area contributed by atoms with Gasteiger partial charge in [-0.25, -0.2) is 0 Å². The molecule has 0 spiro atoms. The monoisotopic (exact) mass is 296 g/mol. The molecule has 0 saturated carbocycles. The Hall–Kier alpha value is -1.36. The van der Waals surface area contributed by atoms with Crippen LogP contribution in [0.4, 0.5) is 5.69 Å². The molecule has 17 heavy (non-hydrogen) atoms. The largest absolute Gasteiger partial charge is 0.332 e. The first kappa shape index (κ1) is 12.1. The number of nitrogens with zero attached hydrogens (tertiary/aromatic N) is 2. The first-order valence-corrected chi connectivity index (χ1v) is 6.18. The van der Waals surface area contributed by atoms with Gasteiger partial charge in [0.1, 0.15) is 6.54 Å². The van der Waals surface area contributed by atoms with E-state index in [1.807, 2.05) is 24.3 Å². The Kier molecular flexibility index (Phi) is 3.47. The minimum atomic E-state index is -0.0488. The molecule has 1 aliphatic rings. The predicted octanol–water partition coefficient (Wildman–Crippen LogP) is 1.64. The second-order valence-corrected chi connectivity index (χ2v) is 4.88.